The van der Waals surface area contributed by atoms with E-state index < -0.39 is 0 Å². The van der Waals surface area contributed by atoms with Crippen LogP contribution in [0, 0.1) is 11.3 Å². The zero-order valence-corrected chi connectivity index (χ0v) is 16.8. The molecule has 1 aliphatic rings. The van der Waals surface area contributed by atoms with E-state index in [0.29, 0.717) is 5.41 Å². The van der Waals surface area contributed by atoms with Crippen LogP contribution in [0.2, 0.25) is 0 Å². The van der Waals surface area contributed by atoms with Crippen molar-refractivity contribution in [2.45, 2.75) is 47.0 Å². The SMILES string of the molecule is CC(C)C(=O)N(C)c1ccc2cc(-c3n[nH]c4c3CCC(C)(C)C4)[nH]c2c1. The van der Waals surface area contributed by atoms with Gasteiger partial charge in [-0.05, 0) is 42.9 Å². The molecule has 0 bridgehead atoms. The summed E-state index contributed by atoms with van der Waals surface area (Å²) < 4.78 is 0. The molecule has 142 valence electrons. The van der Waals surface area contributed by atoms with Gasteiger partial charge in [0.15, 0.2) is 0 Å². The summed E-state index contributed by atoms with van der Waals surface area (Å²) in [6, 6.07) is 8.26. The molecule has 0 saturated carbocycles. The van der Waals surface area contributed by atoms with Crippen molar-refractivity contribution in [1.82, 2.24) is 15.2 Å². The molecule has 2 N–H and O–H groups in total. The first-order chi connectivity index (χ1) is 12.7. The lowest BCUT2D eigenvalue weighted by Gasteiger charge is -2.28. The van der Waals surface area contributed by atoms with Crippen molar-refractivity contribution in [2.24, 2.45) is 11.3 Å². The quantitative estimate of drug-likeness (QED) is 0.708. The van der Waals surface area contributed by atoms with Crippen molar-refractivity contribution >= 4 is 22.5 Å². The molecule has 2 aromatic heterocycles. The van der Waals surface area contributed by atoms with Gasteiger partial charge >= 0.3 is 0 Å². The molecule has 1 aliphatic carbocycles. The molecule has 0 spiro atoms. The molecule has 5 heteroatoms. The number of fused-ring (bicyclic) bond motifs is 2. The van der Waals surface area contributed by atoms with Gasteiger partial charge in [0, 0.05) is 40.8 Å². The van der Waals surface area contributed by atoms with Gasteiger partial charge in [0.25, 0.3) is 0 Å². The Balaban J connectivity index is 1.69. The minimum absolute atomic E-state index is 0.0234. The average molecular weight is 364 g/mol. The molecule has 0 saturated heterocycles. The summed E-state index contributed by atoms with van der Waals surface area (Å²) in [6.07, 6.45) is 3.28. The van der Waals surface area contributed by atoms with Gasteiger partial charge in [0.05, 0.1) is 5.69 Å². The van der Waals surface area contributed by atoms with E-state index >= 15 is 0 Å². The summed E-state index contributed by atoms with van der Waals surface area (Å²) in [7, 11) is 1.83. The van der Waals surface area contributed by atoms with Crippen LogP contribution in [0.3, 0.4) is 0 Å². The molecular weight excluding hydrogens is 336 g/mol. The summed E-state index contributed by atoms with van der Waals surface area (Å²) in [5.74, 6) is 0.0924. The van der Waals surface area contributed by atoms with E-state index in [1.807, 2.05) is 33.0 Å². The highest BCUT2D eigenvalue weighted by molar-refractivity contribution is 5.97. The number of anilines is 1. The van der Waals surface area contributed by atoms with Crippen molar-refractivity contribution < 1.29 is 4.79 Å². The largest absolute Gasteiger partial charge is 0.353 e. The zero-order valence-electron chi connectivity index (χ0n) is 16.8. The Labute approximate surface area is 160 Å². The van der Waals surface area contributed by atoms with E-state index in [1.54, 1.807) is 4.90 Å². The minimum atomic E-state index is -0.0234. The summed E-state index contributed by atoms with van der Waals surface area (Å²) in [6.45, 7) is 8.48. The lowest BCUT2D eigenvalue weighted by Crippen LogP contribution is -2.30. The monoisotopic (exact) mass is 364 g/mol. The number of hydrogen-bond acceptors (Lipinski definition) is 2. The fraction of sp³-hybridized carbons (Fsp3) is 0.455. The number of hydrogen-bond donors (Lipinski definition) is 2. The van der Waals surface area contributed by atoms with Crippen LogP contribution in [0.5, 0.6) is 0 Å². The fourth-order valence-electron chi connectivity index (χ4n) is 4.04. The molecule has 2 heterocycles. The Morgan fingerprint density at radius 3 is 2.78 bits per heavy atom. The number of rotatable bonds is 3. The van der Waals surface area contributed by atoms with Crippen LogP contribution in [-0.4, -0.2) is 28.1 Å². The molecule has 0 unspecified atom stereocenters. The third-order valence-electron chi connectivity index (χ3n) is 5.73. The molecule has 0 aliphatic heterocycles. The first kappa shape index (κ1) is 17.8. The standard InChI is InChI=1S/C22H28N4O/c1-13(2)21(27)26(5)15-7-6-14-10-18(23-17(14)11-15)20-16-8-9-22(3,4)12-19(16)24-25-20/h6-7,10-11,13,23H,8-9,12H2,1-5H3,(H,24,25). The third kappa shape index (κ3) is 3.15. The van der Waals surface area contributed by atoms with Crippen LogP contribution in [-0.2, 0) is 17.6 Å². The first-order valence-corrected chi connectivity index (χ1v) is 9.72. The highest BCUT2D eigenvalue weighted by Gasteiger charge is 2.29. The second kappa shape index (κ2) is 6.25. The van der Waals surface area contributed by atoms with Gasteiger partial charge in [-0.25, -0.2) is 0 Å². The smallest absolute Gasteiger partial charge is 0.229 e. The van der Waals surface area contributed by atoms with Crippen molar-refractivity contribution in [3.8, 4) is 11.4 Å². The number of nitrogens with one attached hydrogen (secondary N) is 2. The highest BCUT2D eigenvalue weighted by atomic mass is 16.2. The Morgan fingerprint density at radius 1 is 1.26 bits per heavy atom. The maximum absolute atomic E-state index is 12.3. The molecular formula is C22H28N4O. The van der Waals surface area contributed by atoms with Gasteiger partial charge < -0.3 is 9.88 Å². The topological polar surface area (TPSA) is 64.8 Å². The van der Waals surface area contributed by atoms with Crippen LogP contribution < -0.4 is 4.90 Å². The van der Waals surface area contributed by atoms with Crippen LogP contribution in [0.1, 0.15) is 45.4 Å². The Morgan fingerprint density at radius 2 is 2.04 bits per heavy atom. The summed E-state index contributed by atoms with van der Waals surface area (Å²) in [5, 5.41) is 9.01. The molecule has 0 atom stereocenters. The summed E-state index contributed by atoms with van der Waals surface area (Å²) in [5.41, 5.74) is 6.94. The number of nitrogens with zero attached hydrogens (tertiary/aromatic N) is 2. The maximum atomic E-state index is 12.3. The van der Waals surface area contributed by atoms with E-state index in [0.717, 1.165) is 40.8 Å². The van der Waals surface area contributed by atoms with E-state index in [1.165, 1.54) is 17.7 Å². The number of aromatic nitrogens is 3. The number of H-pyrrole nitrogens is 2. The van der Waals surface area contributed by atoms with Crippen molar-refractivity contribution in [3.05, 3.63) is 35.5 Å². The fourth-order valence-corrected chi connectivity index (χ4v) is 4.04. The van der Waals surface area contributed by atoms with Gasteiger partial charge in [-0.3, -0.25) is 9.89 Å². The van der Waals surface area contributed by atoms with E-state index in [4.69, 9.17) is 0 Å². The van der Waals surface area contributed by atoms with E-state index in [9.17, 15) is 4.79 Å². The first-order valence-electron chi connectivity index (χ1n) is 9.72. The van der Waals surface area contributed by atoms with Crippen LogP contribution >= 0.6 is 0 Å². The molecule has 0 fully saturated rings. The highest BCUT2D eigenvalue weighted by Crippen LogP contribution is 2.38. The molecule has 27 heavy (non-hydrogen) atoms. The zero-order chi connectivity index (χ0) is 19.3. The summed E-state index contributed by atoms with van der Waals surface area (Å²) >= 11 is 0. The normalized spacial score (nSPS) is 15.9. The van der Waals surface area contributed by atoms with Crippen LogP contribution in [0.4, 0.5) is 5.69 Å². The van der Waals surface area contributed by atoms with Crippen molar-refractivity contribution in [3.63, 3.8) is 0 Å². The predicted molar refractivity (Wildman–Crippen MR) is 110 cm³/mol. The van der Waals surface area contributed by atoms with Crippen molar-refractivity contribution in [2.75, 3.05) is 11.9 Å². The molecule has 4 rings (SSSR count). The number of amides is 1. The third-order valence-corrected chi connectivity index (χ3v) is 5.73. The molecule has 5 nitrogen and oxygen atoms in total. The van der Waals surface area contributed by atoms with Gasteiger partial charge in [0.2, 0.25) is 5.91 Å². The molecule has 3 aromatic rings. The number of aromatic amines is 2. The number of benzene rings is 1. The molecule has 1 aromatic carbocycles. The molecule has 1 amide bonds. The van der Waals surface area contributed by atoms with Gasteiger partial charge in [-0.1, -0.05) is 33.8 Å². The van der Waals surface area contributed by atoms with Crippen LogP contribution in [0.15, 0.2) is 24.3 Å². The minimum Gasteiger partial charge on any atom is -0.353 e. The van der Waals surface area contributed by atoms with Gasteiger partial charge in [-0.2, -0.15) is 5.10 Å². The number of carbonyl (C=O) groups is 1. The average Bonchev–Trinajstić information content (AvgIpc) is 3.21. The lowest BCUT2D eigenvalue weighted by molar-refractivity contribution is -0.121. The van der Waals surface area contributed by atoms with Crippen molar-refractivity contribution in [1.29, 1.82) is 0 Å². The van der Waals surface area contributed by atoms with Crippen LogP contribution in [0.25, 0.3) is 22.3 Å². The maximum Gasteiger partial charge on any atom is 0.229 e. The van der Waals surface area contributed by atoms with E-state index in [2.05, 4.69) is 41.2 Å². The second-order valence-electron chi connectivity index (χ2n) is 8.88. The second-order valence-corrected chi connectivity index (χ2v) is 8.88. The summed E-state index contributed by atoms with van der Waals surface area (Å²) in [4.78, 5) is 17.5. The number of carbonyl (C=O) groups excluding carboxylic acids is 1. The molecule has 0 radical (unpaired) electrons. The van der Waals surface area contributed by atoms with Gasteiger partial charge in [-0.15, -0.1) is 0 Å². The Bertz CT molecular complexity index is 1010. The Hall–Kier alpha value is -2.56. The lowest BCUT2D eigenvalue weighted by atomic mass is 9.76. The van der Waals surface area contributed by atoms with E-state index in [-0.39, 0.29) is 11.8 Å². The predicted octanol–water partition coefficient (Wildman–Crippen LogP) is 4.69. The van der Waals surface area contributed by atoms with Gasteiger partial charge in [0.1, 0.15) is 5.69 Å². The Kier molecular flexibility index (Phi) is 4.13.